The molecule has 0 aromatic heterocycles. The highest BCUT2D eigenvalue weighted by Gasteiger charge is 2.38. The van der Waals surface area contributed by atoms with E-state index in [1.165, 1.54) is 0 Å². The van der Waals surface area contributed by atoms with E-state index in [1.54, 1.807) is 0 Å². The van der Waals surface area contributed by atoms with Crippen LogP contribution in [0.2, 0.25) is 0 Å². The van der Waals surface area contributed by atoms with Gasteiger partial charge in [-0.3, -0.25) is 4.79 Å². The van der Waals surface area contributed by atoms with Gasteiger partial charge in [-0.1, -0.05) is 35.0 Å². The topological polar surface area (TPSA) is 55.4 Å². The molecule has 3 rings (SSSR count). The molecule has 1 heterocycles. The highest BCUT2D eigenvalue weighted by molar-refractivity contribution is 9.10. The van der Waals surface area contributed by atoms with Crippen LogP contribution in [0.25, 0.3) is 0 Å². The number of hydrogen-bond donors (Lipinski definition) is 1. The fourth-order valence-corrected chi connectivity index (χ4v) is 3.78. The van der Waals surface area contributed by atoms with Gasteiger partial charge in [0.2, 0.25) is 0 Å². The van der Waals surface area contributed by atoms with Crippen LogP contribution < -0.4 is 5.32 Å². The maximum Gasteiger partial charge on any atom is 0.336 e. The van der Waals surface area contributed by atoms with Gasteiger partial charge < -0.3 is 10.1 Å². The molecule has 0 unspecified atom stereocenters. The molecule has 0 fully saturated rings. The molecule has 0 radical (unpaired) electrons. The highest BCUT2D eigenvalue weighted by Crippen LogP contribution is 2.42. The lowest BCUT2D eigenvalue weighted by atomic mass is 9.75. The van der Waals surface area contributed by atoms with Crippen molar-refractivity contribution in [1.29, 1.82) is 0 Å². The standard InChI is InChI=1S/C20H22BrNO3/c1-3-11-25-20(24)17-12(2)22-15-5-4-6-16(23)19(15)18(17)13-7-9-14(21)10-8-13/h7-10,18,22H,3-6,11H2,1-2H3/t18-/m0/s1. The Morgan fingerprint density at radius 3 is 2.68 bits per heavy atom. The molecular formula is C20H22BrNO3. The van der Waals surface area contributed by atoms with Gasteiger partial charge in [-0.2, -0.15) is 0 Å². The lowest BCUT2D eigenvalue weighted by Gasteiger charge is -2.34. The van der Waals surface area contributed by atoms with Gasteiger partial charge in [-0.25, -0.2) is 4.79 Å². The zero-order valence-corrected chi connectivity index (χ0v) is 16.1. The Labute approximate surface area is 156 Å². The number of esters is 1. The second kappa shape index (κ2) is 7.56. The van der Waals surface area contributed by atoms with Gasteiger partial charge in [0, 0.05) is 33.8 Å². The van der Waals surface area contributed by atoms with E-state index in [0.717, 1.165) is 46.3 Å². The Balaban J connectivity index is 2.10. The molecular weight excluding hydrogens is 382 g/mol. The molecule has 0 saturated heterocycles. The molecule has 4 nitrogen and oxygen atoms in total. The van der Waals surface area contributed by atoms with E-state index >= 15 is 0 Å². The molecule has 1 aromatic carbocycles. The fraction of sp³-hybridized carbons (Fsp3) is 0.400. The van der Waals surface area contributed by atoms with Gasteiger partial charge in [-0.15, -0.1) is 0 Å². The first-order valence-electron chi connectivity index (χ1n) is 8.69. The molecule has 5 heteroatoms. The van der Waals surface area contributed by atoms with Gasteiger partial charge in [0.05, 0.1) is 12.2 Å². The molecule has 25 heavy (non-hydrogen) atoms. The lowest BCUT2D eigenvalue weighted by molar-refractivity contribution is -0.139. The molecule has 1 aromatic rings. The summed E-state index contributed by atoms with van der Waals surface area (Å²) in [7, 11) is 0. The fourth-order valence-electron chi connectivity index (χ4n) is 3.51. The smallest absolute Gasteiger partial charge is 0.336 e. The van der Waals surface area contributed by atoms with Crippen molar-refractivity contribution in [3.63, 3.8) is 0 Å². The van der Waals surface area contributed by atoms with E-state index in [4.69, 9.17) is 4.74 Å². The number of ether oxygens (including phenoxy) is 1. The Morgan fingerprint density at radius 1 is 1.28 bits per heavy atom. The van der Waals surface area contributed by atoms with Gasteiger partial charge >= 0.3 is 5.97 Å². The summed E-state index contributed by atoms with van der Waals surface area (Å²) in [5.41, 5.74) is 3.94. The minimum atomic E-state index is -0.360. The number of benzene rings is 1. The minimum Gasteiger partial charge on any atom is -0.462 e. The van der Waals surface area contributed by atoms with Crippen LogP contribution >= 0.6 is 15.9 Å². The Kier molecular flexibility index (Phi) is 5.42. The van der Waals surface area contributed by atoms with Gasteiger partial charge in [0.25, 0.3) is 0 Å². The first-order chi connectivity index (χ1) is 12.0. The molecule has 1 N–H and O–H groups in total. The number of ketones is 1. The number of dihydropyridines is 1. The normalized spacial score (nSPS) is 20.3. The number of carbonyl (C=O) groups is 2. The van der Waals surface area contributed by atoms with Crippen LogP contribution in [0.4, 0.5) is 0 Å². The molecule has 0 amide bonds. The largest absolute Gasteiger partial charge is 0.462 e. The van der Waals surface area contributed by atoms with E-state index in [0.29, 0.717) is 18.6 Å². The van der Waals surface area contributed by atoms with E-state index in [9.17, 15) is 9.59 Å². The van der Waals surface area contributed by atoms with Gasteiger partial charge in [-0.05, 0) is 43.9 Å². The van der Waals surface area contributed by atoms with Crippen molar-refractivity contribution in [2.45, 2.75) is 45.4 Å². The van der Waals surface area contributed by atoms with Crippen LogP contribution in [0.3, 0.4) is 0 Å². The van der Waals surface area contributed by atoms with E-state index in [1.807, 2.05) is 38.1 Å². The highest BCUT2D eigenvalue weighted by atomic mass is 79.9. The van der Waals surface area contributed by atoms with Crippen LogP contribution in [0.1, 0.15) is 51.0 Å². The molecule has 2 aliphatic rings. The third-order valence-corrected chi connectivity index (χ3v) is 5.17. The van der Waals surface area contributed by atoms with Gasteiger partial charge in [0.15, 0.2) is 5.78 Å². The first kappa shape index (κ1) is 17.9. The van der Waals surface area contributed by atoms with Crippen molar-refractivity contribution in [2.24, 2.45) is 0 Å². The van der Waals surface area contributed by atoms with E-state index in [-0.39, 0.29) is 17.7 Å². The summed E-state index contributed by atoms with van der Waals surface area (Å²) >= 11 is 3.45. The molecule has 0 bridgehead atoms. The van der Waals surface area contributed by atoms with Crippen LogP contribution in [0, 0.1) is 0 Å². The maximum atomic E-state index is 12.7. The van der Waals surface area contributed by atoms with Crippen molar-refractivity contribution in [2.75, 3.05) is 6.61 Å². The Hall–Kier alpha value is -1.88. The van der Waals surface area contributed by atoms with Crippen molar-refractivity contribution < 1.29 is 14.3 Å². The molecule has 1 aliphatic heterocycles. The summed E-state index contributed by atoms with van der Waals surface area (Å²) in [6.07, 6.45) is 2.98. The van der Waals surface area contributed by atoms with Crippen molar-refractivity contribution >= 4 is 27.7 Å². The first-order valence-corrected chi connectivity index (χ1v) is 9.48. The number of Topliss-reactive ketones (excluding diaryl/α,β-unsaturated/α-hetero) is 1. The zero-order chi connectivity index (χ0) is 18.0. The van der Waals surface area contributed by atoms with Crippen molar-refractivity contribution in [1.82, 2.24) is 5.32 Å². The van der Waals surface area contributed by atoms with Crippen LogP contribution in [0.5, 0.6) is 0 Å². The number of nitrogens with one attached hydrogen (secondary N) is 1. The second-order valence-electron chi connectivity index (χ2n) is 6.45. The number of rotatable bonds is 4. The third kappa shape index (κ3) is 3.56. The quantitative estimate of drug-likeness (QED) is 0.758. The summed E-state index contributed by atoms with van der Waals surface area (Å²) in [5.74, 6) is -0.582. The van der Waals surface area contributed by atoms with Crippen molar-refractivity contribution in [3.8, 4) is 0 Å². The maximum absolute atomic E-state index is 12.7. The Bertz CT molecular complexity index is 762. The third-order valence-electron chi connectivity index (χ3n) is 4.64. The minimum absolute atomic E-state index is 0.120. The molecule has 1 atom stereocenters. The predicted molar refractivity (Wildman–Crippen MR) is 99.9 cm³/mol. The van der Waals surface area contributed by atoms with Crippen LogP contribution in [-0.2, 0) is 14.3 Å². The van der Waals surface area contributed by atoms with Crippen molar-refractivity contribution in [3.05, 3.63) is 56.8 Å². The van der Waals surface area contributed by atoms with Crippen LogP contribution in [0.15, 0.2) is 51.3 Å². The Morgan fingerprint density at radius 2 is 2.00 bits per heavy atom. The van der Waals surface area contributed by atoms with Gasteiger partial charge in [0.1, 0.15) is 0 Å². The van der Waals surface area contributed by atoms with Crippen LogP contribution in [-0.4, -0.2) is 18.4 Å². The molecule has 0 spiro atoms. The van der Waals surface area contributed by atoms with E-state index in [2.05, 4.69) is 21.2 Å². The predicted octanol–water partition coefficient (Wildman–Crippen LogP) is 4.37. The second-order valence-corrected chi connectivity index (χ2v) is 7.37. The summed E-state index contributed by atoms with van der Waals surface area (Å²) < 4.78 is 6.37. The number of carbonyl (C=O) groups excluding carboxylic acids is 2. The number of allylic oxidation sites excluding steroid dienone is 3. The average Bonchev–Trinajstić information content (AvgIpc) is 2.59. The molecule has 0 saturated carbocycles. The number of halogens is 1. The van der Waals surface area contributed by atoms with E-state index < -0.39 is 0 Å². The molecule has 1 aliphatic carbocycles. The zero-order valence-electron chi connectivity index (χ0n) is 14.5. The average molecular weight is 404 g/mol. The SMILES string of the molecule is CCCOC(=O)C1=C(C)NC2=C(C(=O)CCC2)[C@H]1c1ccc(Br)cc1. The summed E-state index contributed by atoms with van der Waals surface area (Å²) in [5, 5.41) is 3.30. The number of hydrogen-bond acceptors (Lipinski definition) is 4. The lowest BCUT2D eigenvalue weighted by Crippen LogP contribution is -2.34. The summed E-state index contributed by atoms with van der Waals surface area (Å²) in [6, 6.07) is 7.81. The monoisotopic (exact) mass is 403 g/mol. The summed E-state index contributed by atoms with van der Waals surface area (Å²) in [6.45, 7) is 4.23. The molecule has 132 valence electrons. The summed E-state index contributed by atoms with van der Waals surface area (Å²) in [4.78, 5) is 25.4.